The van der Waals surface area contributed by atoms with Crippen LogP contribution in [0.1, 0.15) is 24.0 Å². The Bertz CT molecular complexity index is 1290. The summed E-state index contributed by atoms with van der Waals surface area (Å²) in [4.78, 5) is 8.83. The number of anilines is 1. The quantitative estimate of drug-likeness (QED) is 0.235. The SMILES string of the molecule is COc1ccc(-c2csc(N/N=C(/Cn3ccnc3)c3ccc(C#CC4CC4)cc3)n2)cc1. The molecule has 0 bridgehead atoms. The molecule has 0 saturated heterocycles. The highest BCUT2D eigenvalue weighted by molar-refractivity contribution is 7.14. The van der Waals surface area contributed by atoms with E-state index >= 15 is 0 Å². The summed E-state index contributed by atoms with van der Waals surface area (Å²) in [5.74, 6) is 7.99. The lowest BCUT2D eigenvalue weighted by Gasteiger charge is -2.08. The minimum absolute atomic E-state index is 0.591. The Labute approximate surface area is 197 Å². The van der Waals surface area contributed by atoms with Gasteiger partial charge < -0.3 is 9.30 Å². The molecule has 2 heterocycles. The lowest BCUT2D eigenvalue weighted by Crippen LogP contribution is -2.12. The molecule has 1 aliphatic rings. The molecule has 0 radical (unpaired) electrons. The largest absolute Gasteiger partial charge is 0.497 e. The summed E-state index contributed by atoms with van der Waals surface area (Å²) in [7, 11) is 1.66. The van der Waals surface area contributed by atoms with Crippen LogP contribution < -0.4 is 10.2 Å². The van der Waals surface area contributed by atoms with Gasteiger partial charge in [-0.3, -0.25) is 5.43 Å². The molecule has 33 heavy (non-hydrogen) atoms. The van der Waals surface area contributed by atoms with E-state index < -0.39 is 0 Å². The van der Waals surface area contributed by atoms with Gasteiger partial charge in [0.05, 0.1) is 31.4 Å². The van der Waals surface area contributed by atoms with Crippen molar-refractivity contribution in [3.8, 4) is 28.8 Å². The van der Waals surface area contributed by atoms with Gasteiger partial charge in [0.2, 0.25) is 5.13 Å². The number of nitrogens with zero attached hydrogens (tertiary/aromatic N) is 4. The average molecular weight is 454 g/mol. The molecule has 5 rings (SSSR count). The second-order valence-corrected chi connectivity index (χ2v) is 8.65. The van der Waals surface area contributed by atoms with E-state index in [2.05, 4.69) is 51.5 Å². The monoisotopic (exact) mass is 453 g/mol. The number of ether oxygens (including phenoxy) is 1. The number of methoxy groups -OCH3 is 1. The van der Waals surface area contributed by atoms with Crippen LogP contribution >= 0.6 is 11.3 Å². The van der Waals surface area contributed by atoms with Crippen molar-refractivity contribution in [2.45, 2.75) is 19.4 Å². The van der Waals surface area contributed by atoms with Crippen LogP contribution in [0.2, 0.25) is 0 Å². The fraction of sp³-hybridized carbons (Fsp3) is 0.192. The van der Waals surface area contributed by atoms with Crippen molar-refractivity contribution in [3.05, 3.63) is 83.8 Å². The van der Waals surface area contributed by atoms with Gasteiger partial charge in [-0.2, -0.15) is 5.10 Å². The van der Waals surface area contributed by atoms with Crippen LogP contribution in [0.4, 0.5) is 5.13 Å². The predicted octanol–water partition coefficient (Wildman–Crippen LogP) is 5.29. The number of rotatable bonds is 7. The van der Waals surface area contributed by atoms with Crippen molar-refractivity contribution in [2.24, 2.45) is 11.0 Å². The van der Waals surface area contributed by atoms with Gasteiger partial charge in [-0.05, 0) is 54.8 Å². The molecule has 1 fully saturated rings. The smallest absolute Gasteiger partial charge is 0.203 e. The first kappa shape index (κ1) is 21.0. The summed E-state index contributed by atoms with van der Waals surface area (Å²) in [6.45, 7) is 0.594. The summed E-state index contributed by atoms with van der Waals surface area (Å²) >= 11 is 1.52. The zero-order chi connectivity index (χ0) is 22.5. The first-order valence-electron chi connectivity index (χ1n) is 10.8. The molecule has 1 aliphatic carbocycles. The maximum Gasteiger partial charge on any atom is 0.203 e. The third-order valence-corrected chi connectivity index (χ3v) is 6.03. The van der Waals surface area contributed by atoms with E-state index in [0.29, 0.717) is 12.5 Å². The topological polar surface area (TPSA) is 64.3 Å². The number of aromatic nitrogens is 3. The molecule has 0 aliphatic heterocycles. The number of imidazole rings is 1. The maximum atomic E-state index is 5.23. The molecule has 0 amide bonds. The zero-order valence-corrected chi connectivity index (χ0v) is 19.0. The number of benzene rings is 2. The van der Waals surface area contributed by atoms with E-state index in [0.717, 1.165) is 39.0 Å². The summed E-state index contributed by atoms with van der Waals surface area (Å²) in [6, 6.07) is 16.1. The first-order chi connectivity index (χ1) is 16.3. The first-order valence-corrected chi connectivity index (χ1v) is 11.6. The van der Waals surface area contributed by atoms with Gasteiger partial charge in [0.15, 0.2) is 0 Å². The van der Waals surface area contributed by atoms with Crippen molar-refractivity contribution >= 4 is 22.2 Å². The summed E-state index contributed by atoms with van der Waals surface area (Å²) < 4.78 is 7.22. The van der Waals surface area contributed by atoms with Crippen LogP contribution in [0.15, 0.2) is 77.7 Å². The predicted molar refractivity (Wildman–Crippen MR) is 133 cm³/mol. The van der Waals surface area contributed by atoms with Crippen LogP contribution in [0.3, 0.4) is 0 Å². The van der Waals surface area contributed by atoms with Gasteiger partial charge >= 0.3 is 0 Å². The number of hydrazone groups is 1. The number of thiazole rings is 1. The van der Waals surface area contributed by atoms with Crippen molar-refractivity contribution in [3.63, 3.8) is 0 Å². The highest BCUT2D eigenvalue weighted by Crippen LogP contribution is 2.28. The third-order valence-electron chi connectivity index (χ3n) is 5.28. The Morgan fingerprint density at radius 2 is 2.00 bits per heavy atom. The third kappa shape index (κ3) is 5.48. The molecule has 2 aromatic carbocycles. The maximum absolute atomic E-state index is 5.23. The highest BCUT2D eigenvalue weighted by atomic mass is 32.1. The van der Waals surface area contributed by atoms with Gasteiger partial charge in [-0.15, -0.1) is 11.3 Å². The van der Waals surface area contributed by atoms with E-state index in [9.17, 15) is 0 Å². The van der Waals surface area contributed by atoms with E-state index in [1.54, 1.807) is 19.6 Å². The normalized spacial score (nSPS) is 13.3. The van der Waals surface area contributed by atoms with Gasteiger partial charge in [0, 0.05) is 34.8 Å². The van der Waals surface area contributed by atoms with E-state index in [4.69, 9.17) is 9.84 Å². The lowest BCUT2D eigenvalue weighted by molar-refractivity contribution is 0.415. The Balaban J connectivity index is 1.35. The molecule has 2 aromatic heterocycles. The molecule has 1 N–H and O–H groups in total. The minimum Gasteiger partial charge on any atom is -0.497 e. The number of nitrogens with one attached hydrogen (secondary N) is 1. The molecule has 6 nitrogen and oxygen atoms in total. The lowest BCUT2D eigenvalue weighted by atomic mass is 10.1. The molecule has 164 valence electrons. The van der Waals surface area contributed by atoms with E-state index in [-0.39, 0.29) is 0 Å². The fourth-order valence-corrected chi connectivity index (χ4v) is 3.90. The van der Waals surface area contributed by atoms with Crippen molar-refractivity contribution in [2.75, 3.05) is 12.5 Å². The van der Waals surface area contributed by atoms with Gasteiger partial charge in [0.25, 0.3) is 0 Å². The van der Waals surface area contributed by atoms with Crippen LogP contribution in [0.25, 0.3) is 11.3 Å². The van der Waals surface area contributed by atoms with Gasteiger partial charge in [-0.25, -0.2) is 9.97 Å². The van der Waals surface area contributed by atoms with Crippen molar-refractivity contribution < 1.29 is 4.74 Å². The minimum atomic E-state index is 0.591. The second kappa shape index (κ2) is 9.72. The Kier molecular flexibility index (Phi) is 6.18. The standard InChI is InChI=1S/C26H23N5OS/c1-32-23-12-10-22(11-13-23)25-17-33-26(28-25)30-29-24(16-31-15-14-27-18-31)21-8-6-20(7-9-21)5-4-19-2-3-19/h6-15,17-19H,2-3,16H2,1H3,(H,28,30)/b29-24-. The second-order valence-electron chi connectivity index (χ2n) is 7.79. The van der Waals surface area contributed by atoms with E-state index in [1.807, 2.05) is 40.4 Å². The molecule has 7 heteroatoms. The summed E-state index contributed by atoms with van der Waals surface area (Å²) in [5.41, 5.74) is 8.02. The van der Waals surface area contributed by atoms with Crippen LogP contribution in [0, 0.1) is 17.8 Å². The molecule has 0 spiro atoms. The molecular weight excluding hydrogens is 430 g/mol. The molecule has 1 saturated carbocycles. The summed E-state index contributed by atoms with van der Waals surface area (Å²) in [5, 5.41) is 7.45. The van der Waals surface area contributed by atoms with Crippen LogP contribution in [-0.4, -0.2) is 27.4 Å². The number of hydrogen-bond acceptors (Lipinski definition) is 6. The zero-order valence-electron chi connectivity index (χ0n) is 18.2. The average Bonchev–Trinajstić information content (AvgIpc) is 3.32. The number of hydrogen-bond donors (Lipinski definition) is 1. The van der Waals surface area contributed by atoms with Crippen LogP contribution in [-0.2, 0) is 6.54 Å². The highest BCUT2D eigenvalue weighted by Gasteiger charge is 2.17. The molecular formula is C26H23N5OS. The Hall–Kier alpha value is -3.89. The Morgan fingerprint density at radius 3 is 2.70 bits per heavy atom. The van der Waals surface area contributed by atoms with Crippen LogP contribution in [0.5, 0.6) is 5.75 Å². The Morgan fingerprint density at radius 1 is 1.18 bits per heavy atom. The van der Waals surface area contributed by atoms with E-state index in [1.165, 1.54) is 24.2 Å². The van der Waals surface area contributed by atoms with Crippen molar-refractivity contribution in [1.82, 2.24) is 14.5 Å². The van der Waals surface area contributed by atoms with Gasteiger partial charge in [-0.1, -0.05) is 24.0 Å². The molecule has 4 aromatic rings. The van der Waals surface area contributed by atoms with Crippen molar-refractivity contribution in [1.29, 1.82) is 0 Å². The molecule has 0 atom stereocenters. The summed E-state index contributed by atoms with van der Waals surface area (Å²) in [6.07, 6.45) is 7.95. The molecule has 0 unspecified atom stereocenters. The van der Waals surface area contributed by atoms with Gasteiger partial charge in [0.1, 0.15) is 5.75 Å². The fourth-order valence-electron chi connectivity index (χ4n) is 3.24.